The van der Waals surface area contributed by atoms with Crippen molar-refractivity contribution in [3.8, 4) is 0 Å². The van der Waals surface area contributed by atoms with Gasteiger partial charge in [-0.2, -0.15) is 12.6 Å². The van der Waals surface area contributed by atoms with Gasteiger partial charge in [0.25, 0.3) is 5.91 Å². The van der Waals surface area contributed by atoms with Gasteiger partial charge in [0.1, 0.15) is 5.76 Å². The van der Waals surface area contributed by atoms with Gasteiger partial charge in [-0.25, -0.2) is 0 Å². The van der Waals surface area contributed by atoms with Crippen molar-refractivity contribution in [3.05, 3.63) is 55.0 Å². The molecule has 8 nitrogen and oxygen atoms in total. The van der Waals surface area contributed by atoms with E-state index in [0.29, 0.717) is 24.7 Å². The minimum Gasteiger partial charge on any atom is -0.469 e. The van der Waals surface area contributed by atoms with Crippen LogP contribution in [0.3, 0.4) is 0 Å². The molecular formula is C35H58N2O6S. The summed E-state index contributed by atoms with van der Waals surface area (Å²) in [7, 11) is 1.30. The Labute approximate surface area is 271 Å². The van der Waals surface area contributed by atoms with Gasteiger partial charge < -0.3 is 24.5 Å². The molecule has 0 aliphatic heterocycles. The predicted molar refractivity (Wildman–Crippen MR) is 184 cm³/mol. The van der Waals surface area contributed by atoms with E-state index >= 15 is 0 Å². The third kappa shape index (κ3) is 18.8. The van der Waals surface area contributed by atoms with Crippen LogP contribution < -0.4 is 10.6 Å². The van der Waals surface area contributed by atoms with Gasteiger partial charge in [-0.15, -0.1) is 13.2 Å². The lowest BCUT2D eigenvalue weighted by atomic mass is 10.0. The Morgan fingerprint density at radius 2 is 1.80 bits per heavy atom. The molecule has 0 saturated heterocycles. The standard InChI is InChI=1S/C26H38N2O6S.C7H16.C2H4/c1-4-5-10-20(13-18(2)35)22-11-12-23(34-22)26(31)27-15-24(29)28-21(14-25(30)32-3)17-33-16-19-8-6-7-9-19;1-4-6-7(3)5-2;1-2/h4-5,11-13,18-19,21,35H,6-10,14-17H2,1-3H3,(H,27,31)(H,28,29);7H,4-6H2,1-3H3;1-2H2/b5-4-,20-13+;;/t18?,21-;;/m0../s1. The van der Waals surface area contributed by atoms with Crippen LogP contribution >= 0.6 is 12.6 Å². The van der Waals surface area contributed by atoms with Gasteiger partial charge in [-0.05, 0) is 62.7 Å². The number of allylic oxidation sites excluding steroid dienone is 3. The molecule has 44 heavy (non-hydrogen) atoms. The van der Waals surface area contributed by atoms with Crippen molar-refractivity contribution in [2.24, 2.45) is 11.8 Å². The topological polar surface area (TPSA) is 107 Å². The molecule has 1 aromatic heterocycles. The smallest absolute Gasteiger partial charge is 0.307 e. The van der Waals surface area contributed by atoms with E-state index in [9.17, 15) is 14.4 Å². The fraction of sp³-hybridized carbons (Fsp3) is 0.629. The van der Waals surface area contributed by atoms with Gasteiger partial charge in [-0.1, -0.05) is 71.1 Å². The minimum atomic E-state index is -0.536. The Hall–Kier alpha value is -2.78. The number of rotatable bonds is 17. The molecule has 9 heteroatoms. The van der Waals surface area contributed by atoms with Crippen molar-refractivity contribution in [2.75, 3.05) is 26.9 Å². The molecule has 2 unspecified atom stereocenters. The molecule has 1 aromatic rings. The van der Waals surface area contributed by atoms with Crippen LogP contribution in [0.15, 0.2) is 47.9 Å². The number of furan rings is 1. The maximum atomic E-state index is 12.5. The molecule has 2 rings (SSSR count). The third-order valence-corrected chi connectivity index (χ3v) is 7.35. The van der Waals surface area contributed by atoms with E-state index < -0.39 is 23.8 Å². The molecule has 250 valence electrons. The summed E-state index contributed by atoms with van der Waals surface area (Å²) in [6.45, 7) is 17.2. The highest BCUT2D eigenvalue weighted by atomic mass is 32.1. The summed E-state index contributed by atoms with van der Waals surface area (Å²) in [6, 6.07) is 2.77. The Bertz CT molecular complexity index is 997. The van der Waals surface area contributed by atoms with Crippen molar-refractivity contribution in [3.63, 3.8) is 0 Å². The second-order valence-electron chi connectivity index (χ2n) is 11.1. The van der Waals surface area contributed by atoms with Crippen LogP contribution in [0.2, 0.25) is 0 Å². The Morgan fingerprint density at radius 1 is 1.14 bits per heavy atom. The van der Waals surface area contributed by atoms with Crippen molar-refractivity contribution in [1.29, 1.82) is 0 Å². The first-order valence-corrected chi connectivity index (χ1v) is 16.5. The number of hydrogen-bond donors (Lipinski definition) is 3. The number of methoxy groups -OCH3 is 1. The average Bonchev–Trinajstić information content (AvgIpc) is 3.72. The summed E-state index contributed by atoms with van der Waals surface area (Å²) in [5.74, 6) is 0.799. The normalized spacial score (nSPS) is 15.3. The summed E-state index contributed by atoms with van der Waals surface area (Å²) >= 11 is 4.41. The summed E-state index contributed by atoms with van der Waals surface area (Å²) in [5.41, 5.74) is 0.922. The molecule has 0 bridgehead atoms. The molecule has 2 amide bonds. The summed E-state index contributed by atoms with van der Waals surface area (Å²) in [6.07, 6.45) is 15.4. The molecule has 1 heterocycles. The number of amides is 2. The van der Waals surface area contributed by atoms with Crippen LogP contribution in [-0.2, 0) is 19.1 Å². The van der Waals surface area contributed by atoms with Crippen LogP contribution in [0.25, 0.3) is 5.57 Å². The Balaban J connectivity index is 0.00000180. The number of hydrogen-bond acceptors (Lipinski definition) is 7. The van der Waals surface area contributed by atoms with E-state index in [1.54, 1.807) is 12.1 Å². The molecule has 1 fully saturated rings. The van der Waals surface area contributed by atoms with Gasteiger partial charge in [0.15, 0.2) is 5.76 Å². The molecule has 0 radical (unpaired) electrons. The predicted octanol–water partition coefficient (Wildman–Crippen LogP) is 7.57. The van der Waals surface area contributed by atoms with Gasteiger partial charge >= 0.3 is 5.97 Å². The highest BCUT2D eigenvalue weighted by Crippen LogP contribution is 2.25. The molecule has 1 aliphatic rings. The van der Waals surface area contributed by atoms with E-state index in [1.165, 1.54) is 39.2 Å². The fourth-order valence-electron chi connectivity index (χ4n) is 4.63. The van der Waals surface area contributed by atoms with Crippen LogP contribution in [0.5, 0.6) is 0 Å². The number of ether oxygens (including phenoxy) is 2. The van der Waals surface area contributed by atoms with Crippen LogP contribution in [-0.4, -0.2) is 55.9 Å². The molecule has 1 saturated carbocycles. The zero-order valence-electron chi connectivity index (χ0n) is 28.0. The average molecular weight is 635 g/mol. The summed E-state index contributed by atoms with van der Waals surface area (Å²) in [5, 5.41) is 5.33. The molecule has 0 aromatic carbocycles. The monoisotopic (exact) mass is 634 g/mol. The molecular weight excluding hydrogens is 576 g/mol. The van der Waals surface area contributed by atoms with E-state index in [0.717, 1.165) is 24.3 Å². The van der Waals surface area contributed by atoms with E-state index in [-0.39, 0.29) is 30.6 Å². The van der Waals surface area contributed by atoms with Gasteiger partial charge in [0, 0.05) is 11.9 Å². The highest BCUT2D eigenvalue weighted by Gasteiger charge is 2.21. The van der Waals surface area contributed by atoms with Crippen molar-refractivity contribution in [2.45, 2.75) is 104 Å². The second-order valence-corrected chi connectivity index (χ2v) is 11.9. The lowest BCUT2D eigenvalue weighted by molar-refractivity contribution is -0.141. The zero-order valence-corrected chi connectivity index (χ0v) is 28.9. The zero-order chi connectivity index (χ0) is 33.3. The first kappa shape index (κ1) is 41.2. The van der Waals surface area contributed by atoms with E-state index in [2.05, 4.69) is 57.2 Å². The minimum absolute atomic E-state index is 0.00667. The lowest BCUT2D eigenvalue weighted by Gasteiger charge is -2.19. The Morgan fingerprint density at radius 3 is 2.34 bits per heavy atom. The van der Waals surface area contributed by atoms with Crippen molar-refractivity contribution in [1.82, 2.24) is 10.6 Å². The number of carbonyl (C=O) groups excluding carboxylic acids is 3. The number of thiol groups is 1. The maximum absolute atomic E-state index is 12.5. The van der Waals surface area contributed by atoms with Crippen LogP contribution in [0.1, 0.15) is 109 Å². The molecule has 0 spiro atoms. The summed E-state index contributed by atoms with van der Waals surface area (Å²) < 4.78 is 16.2. The SMILES string of the molecule is C/C=C\C/C(=C\C(C)S)c1ccc(C(=O)NCC(=O)N[C@H](COCC2CCCC2)CC(=O)OC)o1.C=C.CCCC(C)CC. The first-order chi connectivity index (χ1) is 21.1. The fourth-order valence-corrected chi connectivity index (χ4v) is 4.81. The maximum Gasteiger partial charge on any atom is 0.307 e. The van der Waals surface area contributed by atoms with Crippen LogP contribution in [0, 0.1) is 11.8 Å². The number of nitrogens with one attached hydrogen (secondary N) is 2. The largest absolute Gasteiger partial charge is 0.469 e. The van der Waals surface area contributed by atoms with Crippen molar-refractivity contribution >= 4 is 36.0 Å². The Kier molecular flexibility index (Phi) is 23.9. The number of esters is 1. The number of carbonyl (C=O) groups is 3. The van der Waals surface area contributed by atoms with Gasteiger partial charge in [0.2, 0.25) is 5.91 Å². The van der Waals surface area contributed by atoms with Gasteiger partial charge in [0.05, 0.1) is 32.7 Å². The molecule has 1 aliphatic carbocycles. The second kappa shape index (κ2) is 25.5. The highest BCUT2D eigenvalue weighted by molar-refractivity contribution is 7.81. The molecule has 3 atom stereocenters. The lowest BCUT2D eigenvalue weighted by Crippen LogP contribution is -2.45. The van der Waals surface area contributed by atoms with Crippen LogP contribution in [0.4, 0.5) is 0 Å². The first-order valence-electron chi connectivity index (χ1n) is 15.9. The molecule has 2 N–H and O–H groups in total. The van der Waals surface area contributed by atoms with Crippen molar-refractivity contribution < 1.29 is 28.3 Å². The summed E-state index contributed by atoms with van der Waals surface area (Å²) in [4.78, 5) is 36.7. The third-order valence-electron chi connectivity index (χ3n) is 7.20. The van der Waals surface area contributed by atoms with E-state index in [1.807, 2.05) is 32.1 Å². The quantitative estimate of drug-likeness (QED) is 0.0927. The van der Waals surface area contributed by atoms with Gasteiger partial charge in [-0.3, -0.25) is 14.4 Å². The van der Waals surface area contributed by atoms with E-state index in [4.69, 9.17) is 13.9 Å².